The van der Waals surface area contributed by atoms with Crippen LogP contribution in [0, 0.1) is 13.8 Å². The molecule has 0 amide bonds. The van der Waals surface area contributed by atoms with E-state index in [0.29, 0.717) is 0 Å². The first-order valence-electron chi connectivity index (χ1n) is 24.2. The number of rotatable bonds is 8. The average Bonchev–Trinajstić information content (AvgIpc) is 4.13. The van der Waals surface area contributed by atoms with Gasteiger partial charge in [-0.15, -0.1) is 0 Å². The number of furan rings is 3. The SMILES string of the molecule is Cc1cccc2c1oc1c(N(c3ccc4c(c3)oc3cc(N(c5ccccc5-c5ccccc5)c5cccc6c5oc5c(C)cccc56)c5ccccc5c34)c3ccccc3-c3ccccc3)cccc12. The minimum Gasteiger partial charge on any atom is -0.456 e. The van der Waals surface area contributed by atoms with Crippen molar-refractivity contribution in [2.75, 3.05) is 9.80 Å². The van der Waals surface area contributed by atoms with Gasteiger partial charge >= 0.3 is 0 Å². The fourth-order valence-electron chi connectivity index (χ4n) is 11.0. The van der Waals surface area contributed by atoms with Crippen molar-refractivity contribution in [3.8, 4) is 22.3 Å². The highest BCUT2D eigenvalue weighted by Crippen LogP contribution is 2.51. The summed E-state index contributed by atoms with van der Waals surface area (Å²) in [5.41, 5.74) is 17.5. The molecule has 0 spiro atoms. The zero-order valence-electron chi connectivity index (χ0n) is 39.1. The molecule has 3 aromatic heterocycles. The van der Waals surface area contributed by atoms with Crippen molar-refractivity contribution in [2.24, 2.45) is 0 Å². The quantitative estimate of drug-likeness (QED) is 0.152. The van der Waals surface area contributed by atoms with Crippen LogP contribution in [-0.2, 0) is 0 Å². The van der Waals surface area contributed by atoms with Gasteiger partial charge in [0.15, 0.2) is 11.2 Å². The summed E-state index contributed by atoms with van der Waals surface area (Å²) < 4.78 is 21.1. The summed E-state index contributed by atoms with van der Waals surface area (Å²) in [5, 5.41) is 8.60. The topological polar surface area (TPSA) is 45.9 Å². The Bertz CT molecular complexity index is 4390. The first-order valence-corrected chi connectivity index (χ1v) is 24.2. The van der Waals surface area contributed by atoms with Crippen molar-refractivity contribution in [2.45, 2.75) is 13.8 Å². The van der Waals surface area contributed by atoms with Crippen molar-refractivity contribution in [1.29, 1.82) is 0 Å². The second-order valence-corrected chi connectivity index (χ2v) is 18.4. The Morgan fingerprint density at radius 1 is 0.282 bits per heavy atom. The number of benzene rings is 11. The van der Waals surface area contributed by atoms with Gasteiger partial charge < -0.3 is 23.1 Å². The van der Waals surface area contributed by atoms with Crippen molar-refractivity contribution < 1.29 is 13.3 Å². The van der Waals surface area contributed by atoms with E-state index in [1.807, 2.05) is 0 Å². The van der Waals surface area contributed by atoms with Gasteiger partial charge in [0, 0.05) is 61.0 Å². The number of aryl methyl sites for hydroxylation is 2. The molecule has 5 heteroatoms. The van der Waals surface area contributed by atoms with E-state index < -0.39 is 0 Å². The Morgan fingerprint density at radius 3 is 1.32 bits per heavy atom. The van der Waals surface area contributed by atoms with Crippen molar-refractivity contribution in [1.82, 2.24) is 0 Å². The summed E-state index contributed by atoms with van der Waals surface area (Å²) in [6, 6.07) is 81.8. The highest BCUT2D eigenvalue weighted by atomic mass is 16.3. The van der Waals surface area contributed by atoms with Gasteiger partial charge in [0.1, 0.15) is 22.3 Å². The average molecular weight is 913 g/mol. The van der Waals surface area contributed by atoms with Crippen LogP contribution in [-0.4, -0.2) is 0 Å². The molecule has 0 aliphatic carbocycles. The fourth-order valence-corrected chi connectivity index (χ4v) is 11.0. The predicted octanol–water partition coefficient (Wildman–Crippen LogP) is 19.4. The van der Waals surface area contributed by atoms with E-state index in [1.165, 1.54) is 0 Å². The molecular weight excluding hydrogens is 869 g/mol. The van der Waals surface area contributed by atoms with Gasteiger partial charge in [-0.25, -0.2) is 0 Å². The predicted molar refractivity (Wildman–Crippen MR) is 295 cm³/mol. The molecule has 71 heavy (non-hydrogen) atoms. The lowest BCUT2D eigenvalue weighted by Gasteiger charge is -2.29. The van der Waals surface area contributed by atoms with Crippen LogP contribution in [0.3, 0.4) is 0 Å². The van der Waals surface area contributed by atoms with E-state index in [4.69, 9.17) is 13.3 Å². The van der Waals surface area contributed by atoms with Crippen LogP contribution < -0.4 is 9.80 Å². The Hall–Kier alpha value is -9.32. The van der Waals surface area contributed by atoms with E-state index >= 15 is 0 Å². The molecule has 14 rings (SSSR count). The van der Waals surface area contributed by atoms with E-state index in [2.05, 4.69) is 254 Å². The Morgan fingerprint density at radius 2 is 0.732 bits per heavy atom. The first-order chi connectivity index (χ1) is 35.1. The smallest absolute Gasteiger partial charge is 0.159 e. The van der Waals surface area contributed by atoms with Gasteiger partial charge in [-0.1, -0.05) is 182 Å². The molecule has 3 heterocycles. The summed E-state index contributed by atoms with van der Waals surface area (Å²) in [5.74, 6) is 0. The maximum absolute atomic E-state index is 7.22. The van der Waals surface area contributed by atoms with Crippen molar-refractivity contribution in [3.63, 3.8) is 0 Å². The van der Waals surface area contributed by atoms with Crippen LogP contribution in [0.2, 0.25) is 0 Å². The molecule has 0 aliphatic heterocycles. The third-order valence-corrected chi connectivity index (χ3v) is 14.3. The number of anilines is 6. The molecule has 14 aromatic rings. The number of hydrogen-bond acceptors (Lipinski definition) is 5. The summed E-state index contributed by atoms with van der Waals surface area (Å²) >= 11 is 0. The van der Waals surface area contributed by atoms with Crippen molar-refractivity contribution in [3.05, 3.63) is 242 Å². The summed E-state index contributed by atoms with van der Waals surface area (Å²) in [4.78, 5) is 4.71. The van der Waals surface area contributed by atoms with E-state index in [0.717, 1.165) is 144 Å². The molecule has 0 unspecified atom stereocenters. The molecule has 0 N–H and O–H groups in total. The van der Waals surface area contributed by atoms with Crippen LogP contribution in [0.1, 0.15) is 11.1 Å². The lowest BCUT2D eigenvalue weighted by molar-refractivity contribution is 0.665. The fraction of sp³-hybridized carbons (Fsp3) is 0.0303. The molecule has 0 atom stereocenters. The van der Waals surface area contributed by atoms with Crippen LogP contribution in [0.4, 0.5) is 34.1 Å². The van der Waals surface area contributed by atoms with Crippen LogP contribution in [0.5, 0.6) is 0 Å². The Balaban J connectivity index is 1.03. The minimum atomic E-state index is 0.778. The monoisotopic (exact) mass is 912 g/mol. The van der Waals surface area contributed by atoms with Crippen LogP contribution >= 0.6 is 0 Å². The normalized spacial score (nSPS) is 11.8. The Labute approximate surface area is 409 Å². The maximum atomic E-state index is 7.22. The standard InChI is InChI=1S/C66H44N2O3/c1-41-19-15-29-50-52-31-17-35-57(65(52)70-63(41)50)67(55-33-13-11-25-46(55)43-21-5-3-6-22-43)45-37-38-54-60(39-45)69-61-40-59(48-27-9-10-28-49(48)62(54)61)68(56-34-14-12-26-47(56)44-23-7-4-8-24-44)58-36-18-32-53-51-30-16-20-42(2)64(51)71-66(53)58/h3-40H,1-2H3. The molecule has 5 nitrogen and oxygen atoms in total. The molecule has 0 saturated heterocycles. The number of para-hydroxylation sites is 6. The molecule has 11 aromatic carbocycles. The van der Waals surface area contributed by atoms with Gasteiger partial charge in [0.05, 0.1) is 34.1 Å². The largest absolute Gasteiger partial charge is 0.456 e. The van der Waals surface area contributed by atoms with E-state index in [-0.39, 0.29) is 0 Å². The lowest BCUT2D eigenvalue weighted by Crippen LogP contribution is -2.12. The highest BCUT2D eigenvalue weighted by molar-refractivity contribution is 6.24. The zero-order chi connectivity index (χ0) is 47.2. The molecule has 0 bridgehead atoms. The second kappa shape index (κ2) is 16.2. The molecule has 0 fully saturated rings. The lowest BCUT2D eigenvalue weighted by atomic mass is 9.98. The summed E-state index contributed by atoms with van der Waals surface area (Å²) in [6.07, 6.45) is 0. The minimum absolute atomic E-state index is 0.778. The maximum Gasteiger partial charge on any atom is 0.159 e. The number of nitrogens with zero attached hydrogens (tertiary/aromatic N) is 2. The van der Waals surface area contributed by atoms with E-state index in [1.54, 1.807) is 0 Å². The third-order valence-electron chi connectivity index (χ3n) is 14.3. The van der Waals surface area contributed by atoms with Gasteiger partial charge in [0.25, 0.3) is 0 Å². The summed E-state index contributed by atoms with van der Waals surface area (Å²) in [6.45, 7) is 4.22. The highest BCUT2D eigenvalue weighted by Gasteiger charge is 2.27. The van der Waals surface area contributed by atoms with Crippen molar-refractivity contribution >= 4 is 111 Å². The third kappa shape index (κ3) is 6.40. The van der Waals surface area contributed by atoms with Crippen LogP contribution in [0.15, 0.2) is 244 Å². The molecule has 0 saturated carbocycles. The van der Waals surface area contributed by atoms with Gasteiger partial charge in [-0.2, -0.15) is 0 Å². The van der Waals surface area contributed by atoms with Crippen LogP contribution in [0.25, 0.3) is 98.8 Å². The van der Waals surface area contributed by atoms with Gasteiger partial charge in [0.2, 0.25) is 0 Å². The number of hydrogen-bond donors (Lipinski definition) is 0. The molecule has 336 valence electrons. The summed E-state index contributed by atoms with van der Waals surface area (Å²) in [7, 11) is 0. The number of fused-ring (bicyclic) bond motifs is 11. The Kier molecular flexibility index (Phi) is 9.26. The van der Waals surface area contributed by atoms with Gasteiger partial charge in [-0.3, -0.25) is 0 Å². The van der Waals surface area contributed by atoms with Gasteiger partial charge in [-0.05, 0) is 77.9 Å². The second-order valence-electron chi connectivity index (χ2n) is 18.4. The molecule has 0 radical (unpaired) electrons. The molecular formula is C66H44N2O3. The van der Waals surface area contributed by atoms with E-state index in [9.17, 15) is 0 Å². The first kappa shape index (κ1) is 40.7. The molecule has 0 aliphatic rings. The zero-order valence-corrected chi connectivity index (χ0v) is 39.1.